The topological polar surface area (TPSA) is 84.9 Å². The van der Waals surface area contributed by atoms with E-state index in [1.807, 2.05) is 24.3 Å². The van der Waals surface area contributed by atoms with Crippen molar-refractivity contribution in [3.05, 3.63) is 54.1 Å². The Morgan fingerprint density at radius 2 is 1.62 bits per heavy atom. The number of rotatable bonds is 7. The predicted octanol–water partition coefficient (Wildman–Crippen LogP) is 2.42. The van der Waals surface area contributed by atoms with E-state index in [0.29, 0.717) is 31.7 Å². The van der Waals surface area contributed by atoms with Gasteiger partial charge in [0.05, 0.1) is 25.0 Å². The number of ether oxygens (including phenoxy) is 2. The van der Waals surface area contributed by atoms with Gasteiger partial charge in [-0.1, -0.05) is 12.1 Å². The Morgan fingerprint density at radius 3 is 2.21 bits per heavy atom. The van der Waals surface area contributed by atoms with Crippen LogP contribution in [0.25, 0.3) is 0 Å². The molecule has 1 atom stereocenters. The Hall–Kier alpha value is -2.58. The fraction of sp³-hybridized carbons (Fsp3) is 0.381. The molecule has 2 aromatic carbocycles. The first-order valence-electron chi connectivity index (χ1n) is 9.49. The molecule has 0 bridgehead atoms. The largest absolute Gasteiger partial charge is 0.497 e. The van der Waals surface area contributed by atoms with Gasteiger partial charge >= 0.3 is 0 Å². The summed E-state index contributed by atoms with van der Waals surface area (Å²) in [6.07, 6.45) is 1.32. The molecule has 0 aliphatic carbocycles. The fourth-order valence-corrected chi connectivity index (χ4v) is 4.87. The summed E-state index contributed by atoms with van der Waals surface area (Å²) in [6.45, 7) is 0.990. The molecule has 29 heavy (non-hydrogen) atoms. The van der Waals surface area contributed by atoms with Gasteiger partial charge in [-0.25, -0.2) is 8.42 Å². The minimum Gasteiger partial charge on any atom is -0.497 e. The Labute approximate surface area is 171 Å². The lowest BCUT2D eigenvalue weighted by atomic mass is 9.99. The van der Waals surface area contributed by atoms with Gasteiger partial charge in [0.25, 0.3) is 0 Å². The molecule has 1 aliphatic rings. The zero-order valence-corrected chi connectivity index (χ0v) is 17.4. The Balaban J connectivity index is 1.61. The molecule has 1 N–H and O–H groups in total. The number of carbonyl (C=O) groups excluding carboxylic acids is 1. The van der Waals surface area contributed by atoms with Gasteiger partial charge in [0, 0.05) is 19.6 Å². The summed E-state index contributed by atoms with van der Waals surface area (Å²) in [5.41, 5.74) is 0.956. The lowest BCUT2D eigenvalue weighted by Crippen LogP contribution is -2.45. The molecule has 0 spiro atoms. The van der Waals surface area contributed by atoms with E-state index in [-0.39, 0.29) is 23.3 Å². The van der Waals surface area contributed by atoms with E-state index < -0.39 is 10.0 Å². The second-order valence-corrected chi connectivity index (χ2v) is 8.88. The number of carbonyl (C=O) groups is 1. The van der Waals surface area contributed by atoms with Crippen molar-refractivity contribution in [2.75, 3.05) is 27.3 Å². The van der Waals surface area contributed by atoms with E-state index in [2.05, 4.69) is 5.32 Å². The summed E-state index contributed by atoms with van der Waals surface area (Å²) in [7, 11) is -0.511. The van der Waals surface area contributed by atoms with Crippen LogP contribution in [0, 0.1) is 5.92 Å². The van der Waals surface area contributed by atoms with Crippen LogP contribution < -0.4 is 14.8 Å². The summed E-state index contributed by atoms with van der Waals surface area (Å²) in [4.78, 5) is 12.8. The fourth-order valence-electron chi connectivity index (χ4n) is 3.35. The van der Waals surface area contributed by atoms with Crippen molar-refractivity contribution < 1.29 is 22.7 Å². The first kappa shape index (κ1) is 21.1. The molecular formula is C21H26N2O5S. The van der Waals surface area contributed by atoms with Gasteiger partial charge in [-0.3, -0.25) is 4.79 Å². The molecule has 0 saturated carbocycles. The number of benzene rings is 2. The number of amides is 1. The van der Waals surface area contributed by atoms with Gasteiger partial charge in [0.1, 0.15) is 11.5 Å². The molecule has 0 radical (unpaired) electrons. The third kappa shape index (κ3) is 5.07. The van der Waals surface area contributed by atoms with E-state index in [9.17, 15) is 13.2 Å². The average Bonchev–Trinajstić information content (AvgIpc) is 2.78. The second kappa shape index (κ2) is 9.28. The molecule has 0 aromatic heterocycles. The number of hydrogen-bond donors (Lipinski definition) is 1. The maximum absolute atomic E-state index is 12.9. The molecule has 7 nitrogen and oxygen atoms in total. The number of nitrogens with one attached hydrogen (secondary N) is 1. The van der Waals surface area contributed by atoms with Gasteiger partial charge in [-0.15, -0.1) is 0 Å². The number of sulfonamides is 1. The van der Waals surface area contributed by atoms with Gasteiger partial charge in [-0.05, 0) is 54.8 Å². The van der Waals surface area contributed by atoms with E-state index in [1.54, 1.807) is 19.2 Å². The van der Waals surface area contributed by atoms with Crippen LogP contribution in [0.5, 0.6) is 11.5 Å². The maximum Gasteiger partial charge on any atom is 0.243 e. The molecule has 1 aliphatic heterocycles. The first-order chi connectivity index (χ1) is 13.9. The lowest BCUT2D eigenvalue weighted by molar-refractivity contribution is -0.126. The van der Waals surface area contributed by atoms with Gasteiger partial charge < -0.3 is 14.8 Å². The molecule has 1 heterocycles. The minimum absolute atomic E-state index is 0.129. The quantitative estimate of drug-likeness (QED) is 0.747. The SMILES string of the molecule is COc1ccc(CNC(=O)C2CCCN(S(=O)(=O)c3ccc(OC)cc3)C2)cc1. The number of piperidine rings is 1. The lowest BCUT2D eigenvalue weighted by Gasteiger charge is -2.31. The maximum atomic E-state index is 12.9. The van der Waals surface area contributed by atoms with Crippen LogP contribution in [0.3, 0.4) is 0 Å². The highest BCUT2D eigenvalue weighted by Gasteiger charge is 2.33. The molecule has 1 unspecified atom stereocenters. The van der Waals surface area contributed by atoms with Crippen LogP contribution in [0.4, 0.5) is 0 Å². The summed E-state index contributed by atoms with van der Waals surface area (Å²) in [5.74, 6) is 0.857. The van der Waals surface area contributed by atoms with Crippen molar-refractivity contribution in [1.29, 1.82) is 0 Å². The monoisotopic (exact) mass is 418 g/mol. The summed E-state index contributed by atoms with van der Waals surface area (Å²) in [5, 5.41) is 2.92. The Bertz CT molecular complexity index is 927. The van der Waals surface area contributed by atoms with E-state index in [0.717, 1.165) is 11.3 Å². The van der Waals surface area contributed by atoms with Gasteiger partial charge in [-0.2, -0.15) is 4.31 Å². The summed E-state index contributed by atoms with van der Waals surface area (Å²) < 4.78 is 37.5. The average molecular weight is 419 g/mol. The van der Waals surface area contributed by atoms with Gasteiger partial charge in [0.15, 0.2) is 0 Å². The Morgan fingerprint density at radius 1 is 1.03 bits per heavy atom. The first-order valence-corrected chi connectivity index (χ1v) is 10.9. The normalized spacial score (nSPS) is 17.5. The van der Waals surface area contributed by atoms with Crippen molar-refractivity contribution in [2.24, 2.45) is 5.92 Å². The Kier molecular flexibility index (Phi) is 6.76. The van der Waals surface area contributed by atoms with Crippen LogP contribution in [-0.2, 0) is 21.4 Å². The molecule has 1 fully saturated rings. The molecule has 3 rings (SSSR count). The smallest absolute Gasteiger partial charge is 0.243 e. The van der Waals surface area contributed by atoms with Crippen molar-refractivity contribution in [2.45, 2.75) is 24.3 Å². The number of nitrogens with zero attached hydrogens (tertiary/aromatic N) is 1. The molecule has 8 heteroatoms. The second-order valence-electron chi connectivity index (χ2n) is 6.94. The summed E-state index contributed by atoms with van der Waals surface area (Å²) in [6, 6.07) is 13.8. The van der Waals surface area contributed by atoms with Crippen molar-refractivity contribution in [1.82, 2.24) is 9.62 Å². The van der Waals surface area contributed by atoms with Crippen molar-refractivity contribution in [3.63, 3.8) is 0 Å². The molecular weight excluding hydrogens is 392 g/mol. The molecule has 156 valence electrons. The van der Waals surface area contributed by atoms with Crippen molar-refractivity contribution in [3.8, 4) is 11.5 Å². The zero-order valence-electron chi connectivity index (χ0n) is 16.6. The molecule has 2 aromatic rings. The third-order valence-corrected chi connectivity index (χ3v) is 6.96. The highest BCUT2D eigenvalue weighted by molar-refractivity contribution is 7.89. The van der Waals surface area contributed by atoms with Gasteiger partial charge in [0.2, 0.25) is 15.9 Å². The number of methoxy groups -OCH3 is 2. The number of hydrogen-bond acceptors (Lipinski definition) is 5. The van der Waals surface area contributed by atoms with Crippen LogP contribution in [0.2, 0.25) is 0 Å². The third-order valence-electron chi connectivity index (χ3n) is 5.08. The zero-order chi connectivity index (χ0) is 20.9. The van der Waals surface area contributed by atoms with E-state index in [4.69, 9.17) is 9.47 Å². The summed E-state index contributed by atoms with van der Waals surface area (Å²) >= 11 is 0. The molecule has 1 saturated heterocycles. The van der Waals surface area contributed by atoms with Crippen LogP contribution in [0.15, 0.2) is 53.4 Å². The highest BCUT2D eigenvalue weighted by Crippen LogP contribution is 2.25. The van der Waals surface area contributed by atoms with Crippen LogP contribution >= 0.6 is 0 Å². The minimum atomic E-state index is -3.64. The van der Waals surface area contributed by atoms with Crippen molar-refractivity contribution >= 4 is 15.9 Å². The van der Waals surface area contributed by atoms with Crippen LogP contribution in [0.1, 0.15) is 18.4 Å². The van der Waals surface area contributed by atoms with Crippen LogP contribution in [-0.4, -0.2) is 45.9 Å². The van der Waals surface area contributed by atoms with E-state index >= 15 is 0 Å². The highest BCUT2D eigenvalue weighted by atomic mass is 32.2. The van der Waals surface area contributed by atoms with E-state index in [1.165, 1.54) is 23.5 Å². The molecule has 1 amide bonds. The standard InChI is InChI=1S/C21H26N2O5S/c1-27-18-7-5-16(6-8-18)14-22-21(24)17-4-3-13-23(15-17)29(25,26)20-11-9-19(28-2)10-12-20/h5-12,17H,3-4,13-15H2,1-2H3,(H,22,24). The predicted molar refractivity (Wildman–Crippen MR) is 109 cm³/mol.